The maximum Gasteiger partial charge on any atom is 0.331 e. The molecule has 0 saturated carbocycles. The molecule has 2 aromatic carbocycles. The first kappa shape index (κ1) is 15.7. The van der Waals surface area contributed by atoms with Crippen molar-refractivity contribution >= 4 is 28.7 Å². The molecule has 0 radical (unpaired) electrons. The topological polar surface area (TPSA) is 59.2 Å². The summed E-state index contributed by atoms with van der Waals surface area (Å²) >= 11 is 0. The maximum absolute atomic E-state index is 13.0. The van der Waals surface area contributed by atoms with Gasteiger partial charge in [0.15, 0.2) is 6.61 Å². The third kappa shape index (κ3) is 3.57. The molecular formula is C19H14FNO3. The Bertz CT molecular complexity index is 927. The van der Waals surface area contributed by atoms with Gasteiger partial charge in [0.25, 0.3) is 0 Å². The van der Waals surface area contributed by atoms with E-state index in [1.165, 1.54) is 18.2 Å². The number of ether oxygens (including phenoxy) is 1. The molecule has 0 spiro atoms. The van der Waals surface area contributed by atoms with Gasteiger partial charge in [-0.1, -0.05) is 30.3 Å². The number of nitrogens with one attached hydrogen (secondary N) is 1. The number of rotatable bonds is 5. The molecule has 0 unspecified atom stereocenters. The Kier molecular flexibility index (Phi) is 4.52. The van der Waals surface area contributed by atoms with Crippen LogP contribution in [0.3, 0.4) is 0 Å². The van der Waals surface area contributed by atoms with Gasteiger partial charge in [0.05, 0.1) is 0 Å². The van der Waals surface area contributed by atoms with Crippen LogP contribution in [0.4, 0.5) is 4.39 Å². The zero-order valence-electron chi connectivity index (χ0n) is 12.7. The Morgan fingerprint density at radius 1 is 1.12 bits per heavy atom. The lowest BCUT2D eigenvalue weighted by Crippen LogP contribution is -2.12. The molecule has 0 amide bonds. The number of para-hydroxylation sites is 1. The van der Waals surface area contributed by atoms with Gasteiger partial charge in [0.1, 0.15) is 5.82 Å². The summed E-state index contributed by atoms with van der Waals surface area (Å²) in [7, 11) is 0. The zero-order chi connectivity index (χ0) is 16.9. The molecule has 1 aromatic heterocycles. The van der Waals surface area contributed by atoms with Gasteiger partial charge < -0.3 is 9.72 Å². The van der Waals surface area contributed by atoms with Crippen molar-refractivity contribution in [3.8, 4) is 0 Å². The number of hydrogen-bond donors (Lipinski definition) is 1. The third-order valence-electron chi connectivity index (χ3n) is 3.50. The number of carbonyl (C=O) groups is 2. The fourth-order valence-corrected chi connectivity index (χ4v) is 2.34. The molecule has 3 aromatic rings. The molecule has 24 heavy (non-hydrogen) atoms. The summed E-state index contributed by atoms with van der Waals surface area (Å²) < 4.78 is 18.0. The second-order valence-electron chi connectivity index (χ2n) is 5.17. The zero-order valence-corrected chi connectivity index (χ0v) is 12.7. The van der Waals surface area contributed by atoms with Crippen molar-refractivity contribution in [2.45, 2.75) is 0 Å². The number of aromatic nitrogens is 1. The summed E-state index contributed by atoms with van der Waals surface area (Å²) in [6.45, 7) is -0.353. The van der Waals surface area contributed by atoms with Crippen LogP contribution in [0.15, 0.2) is 60.8 Å². The van der Waals surface area contributed by atoms with Gasteiger partial charge >= 0.3 is 5.97 Å². The van der Waals surface area contributed by atoms with Crippen molar-refractivity contribution in [1.29, 1.82) is 0 Å². The molecule has 3 rings (SSSR count). The monoisotopic (exact) mass is 323 g/mol. The van der Waals surface area contributed by atoms with Crippen LogP contribution in [0.25, 0.3) is 17.0 Å². The number of H-pyrrole nitrogens is 1. The van der Waals surface area contributed by atoms with Crippen molar-refractivity contribution in [2.75, 3.05) is 6.61 Å². The molecule has 0 aliphatic carbocycles. The molecule has 4 nitrogen and oxygen atoms in total. The van der Waals surface area contributed by atoms with E-state index in [0.29, 0.717) is 11.1 Å². The number of Topliss-reactive ketones (excluding diaryl/α,β-unsaturated/α-hetero) is 1. The van der Waals surface area contributed by atoms with Crippen LogP contribution in [-0.4, -0.2) is 23.3 Å². The fraction of sp³-hybridized carbons (Fsp3) is 0.0526. The van der Waals surface area contributed by atoms with Gasteiger partial charge in [-0.15, -0.1) is 0 Å². The third-order valence-corrected chi connectivity index (χ3v) is 3.50. The molecule has 1 heterocycles. The number of fused-ring (bicyclic) bond motifs is 1. The standard InChI is InChI=1S/C19H14FNO3/c20-14-5-3-4-13(10-14)8-9-19(23)24-12-18(22)16-11-21-17-7-2-1-6-15(16)17/h1-11,21H,12H2. The Hall–Kier alpha value is -3.21. The second kappa shape index (κ2) is 6.91. The first-order chi connectivity index (χ1) is 11.6. The van der Waals surface area contributed by atoms with Crippen LogP contribution in [0, 0.1) is 5.82 Å². The number of ketones is 1. The van der Waals surface area contributed by atoms with Gasteiger partial charge in [0, 0.05) is 28.7 Å². The summed E-state index contributed by atoms with van der Waals surface area (Å²) in [6.07, 6.45) is 4.20. The number of hydrogen-bond acceptors (Lipinski definition) is 3. The van der Waals surface area contributed by atoms with Crippen molar-refractivity contribution < 1.29 is 18.7 Å². The Morgan fingerprint density at radius 2 is 1.96 bits per heavy atom. The van der Waals surface area contributed by atoms with Gasteiger partial charge in [-0.25, -0.2) is 9.18 Å². The minimum atomic E-state index is -0.660. The van der Waals surface area contributed by atoms with Crippen LogP contribution < -0.4 is 0 Å². The summed E-state index contributed by atoms with van der Waals surface area (Å²) in [4.78, 5) is 26.8. The lowest BCUT2D eigenvalue weighted by Gasteiger charge is -2.01. The highest BCUT2D eigenvalue weighted by Gasteiger charge is 2.13. The molecular weight excluding hydrogens is 309 g/mol. The smallest absolute Gasteiger partial charge is 0.331 e. The highest BCUT2D eigenvalue weighted by molar-refractivity contribution is 6.09. The second-order valence-corrected chi connectivity index (χ2v) is 5.17. The van der Waals surface area contributed by atoms with Gasteiger partial charge in [-0.3, -0.25) is 4.79 Å². The number of esters is 1. The van der Waals surface area contributed by atoms with Crippen LogP contribution in [-0.2, 0) is 9.53 Å². The highest BCUT2D eigenvalue weighted by atomic mass is 19.1. The number of benzene rings is 2. The first-order valence-corrected chi connectivity index (χ1v) is 7.33. The minimum absolute atomic E-state index is 0.292. The number of halogens is 1. The Morgan fingerprint density at radius 3 is 2.79 bits per heavy atom. The summed E-state index contributed by atoms with van der Waals surface area (Å²) in [5.74, 6) is -1.34. The Labute approximate surface area is 137 Å². The van der Waals surface area contributed by atoms with Crippen molar-refractivity contribution in [3.63, 3.8) is 0 Å². The number of aromatic amines is 1. The SMILES string of the molecule is O=C(C=Cc1cccc(F)c1)OCC(=O)c1c[nH]c2ccccc12. The van der Waals surface area contributed by atoms with Gasteiger partial charge in [-0.2, -0.15) is 0 Å². The summed E-state index contributed by atoms with van der Waals surface area (Å²) in [5.41, 5.74) is 1.86. The quantitative estimate of drug-likeness (QED) is 0.442. The molecule has 120 valence electrons. The maximum atomic E-state index is 13.0. The van der Waals surface area contributed by atoms with E-state index < -0.39 is 5.97 Å². The molecule has 0 aliphatic heterocycles. The van der Waals surface area contributed by atoms with Crippen LogP contribution in [0.1, 0.15) is 15.9 Å². The van der Waals surface area contributed by atoms with E-state index in [-0.39, 0.29) is 18.2 Å². The predicted molar refractivity (Wildman–Crippen MR) is 89.0 cm³/mol. The predicted octanol–water partition coefficient (Wildman–Crippen LogP) is 3.75. The molecule has 5 heteroatoms. The van der Waals surface area contributed by atoms with Crippen LogP contribution >= 0.6 is 0 Å². The lowest BCUT2D eigenvalue weighted by molar-refractivity contribution is -0.136. The van der Waals surface area contributed by atoms with E-state index >= 15 is 0 Å². The summed E-state index contributed by atoms with van der Waals surface area (Å²) in [5, 5.41) is 0.786. The van der Waals surface area contributed by atoms with E-state index in [4.69, 9.17) is 4.74 Å². The van der Waals surface area contributed by atoms with E-state index in [1.54, 1.807) is 18.3 Å². The van der Waals surface area contributed by atoms with E-state index in [2.05, 4.69) is 4.98 Å². The van der Waals surface area contributed by atoms with E-state index in [1.807, 2.05) is 24.3 Å². The van der Waals surface area contributed by atoms with Crippen LogP contribution in [0.5, 0.6) is 0 Å². The average Bonchev–Trinajstić information content (AvgIpc) is 3.02. The van der Waals surface area contributed by atoms with Crippen molar-refractivity contribution in [1.82, 2.24) is 4.98 Å². The molecule has 0 aliphatic rings. The minimum Gasteiger partial charge on any atom is -0.454 e. The average molecular weight is 323 g/mol. The van der Waals surface area contributed by atoms with Crippen molar-refractivity contribution in [2.24, 2.45) is 0 Å². The lowest BCUT2D eigenvalue weighted by atomic mass is 10.1. The Balaban J connectivity index is 1.61. The molecule has 0 fully saturated rings. The molecule has 0 atom stereocenters. The van der Waals surface area contributed by atoms with Gasteiger partial charge in [-0.05, 0) is 29.8 Å². The van der Waals surface area contributed by atoms with Crippen molar-refractivity contribution in [3.05, 3.63) is 77.7 Å². The van der Waals surface area contributed by atoms with Gasteiger partial charge in [0.2, 0.25) is 5.78 Å². The van der Waals surface area contributed by atoms with Crippen LogP contribution in [0.2, 0.25) is 0 Å². The number of carbonyl (C=O) groups excluding carboxylic acids is 2. The normalized spacial score (nSPS) is 11.0. The van der Waals surface area contributed by atoms with E-state index in [0.717, 1.165) is 17.0 Å². The van der Waals surface area contributed by atoms with E-state index in [9.17, 15) is 14.0 Å². The molecule has 0 bridgehead atoms. The molecule has 0 saturated heterocycles. The fourth-order valence-electron chi connectivity index (χ4n) is 2.34. The molecule has 1 N–H and O–H groups in total. The first-order valence-electron chi connectivity index (χ1n) is 7.33. The summed E-state index contributed by atoms with van der Waals surface area (Å²) in [6, 6.07) is 13.2. The largest absolute Gasteiger partial charge is 0.454 e. The highest BCUT2D eigenvalue weighted by Crippen LogP contribution is 2.18.